The van der Waals surface area contributed by atoms with Crippen LogP contribution in [0, 0.1) is 11.8 Å². The van der Waals surface area contributed by atoms with Crippen LogP contribution >= 0.6 is 0 Å². The van der Waals surface area contributed by atoms with Gasteiger partial charge in [-0.2, -0.15) is 0 Å². The second-order valence-electron chi connectivity index (χ2n) is 16.8. The molecule has 4 nitrogen and oxygen atoms in total. The predicted octanol–water partition coefficient (Wildman–Crippen LogP) is 14.5. The molecule has 12 rings (SSSR count). The number of benzene rings is 7. The largest absolute Gasteiger partial charge is 0.295 e. The van der Waals surface area contributed by atoms with E-state index >= 15 is 0 Å². The van der Waals surface area contributed by atoms with Crippen molar-refractivity contribution in [3.05, 3.63) is 205 Å². The normalized spacial score (nSPS) is 18.0. The van der Waals surface area contributed by atoms with Gasteiger partial charge in [-0.25, -0.2) is 15.0 Å². The minimum absolute atomic E-state index is 0.232. The van der Waals surface area contributed by atoms with Gasteiger partial charge in [0.05, 0.1) is 22.2 Å². The molecular weight excluding hydrogens is 741 g/mol. The average Bonchev–Trinajstić information content (AvgIpc) is 3.65. The van der Waals surface area contributed by atoms with Gasteiger partial charge in [0.15, 0.2) is 5.82 Å². The fourth-order valence-electron chi connectivity index (χ4n) is 10.1. The van der Waals surface area contributed by atoms with Gasteiger partial charge in [0.1, 0.15) is 5.82 Å². The van der Waals surface area contributed by atoms with Crippen LogP contribution < -0.4 is 0 Å². The molecule has 2 aromatic heterocycles. The summed E-state index contributed by atoms with van der Waals surface area (Å²) in [6, 6.07) is 56.5. The average molecular weight is 783 g/mol. The van der Waals surface area contributed by atoms with Crippen LogP contribution in [0.4, 0.5) is 0 Å². The van der Waals surface area contributed by atoms with E-state index < -0.39 is 0 Å². The molecule has 4 heteroatoms. The lowest BCUT2D eigenvalue weighted by molar-refractivity contribution is 0.630. The van der Waals surface area contributed by atoms with E-state index in [0.717, 1.165) is 67.8 Å². The second-order valence-corrected chi connectivity index (χ2v) is 16.8. The van der Waals surface area contributed by atoms with Crippen molar-refractivity contribution in [3.8, 4) is 44.9 Å². The van der Waals surface area contributed by atoms with Crippen molar-refractivity contribution >= 4 is 49.6 Å². The number of hydrogen-bond donors (Lipinski definition) is 0. The van der Waals surface area contributed by atoms with Gasteiger partial charge in [-0.1, -0.05) is 166 Å². The van der Waals surface area contributed by atoms with E-state index in [0.29, 0.717) is 11.8 Å². The highest BCUT2D eigenvalue weighted by molar-refractivity contribution is 6.10. The number of para-hydroxylation sites is 1. The van der Waals surface area contributed by atoms with Crippen molar-refractivity contribution in [1.82, 2.24) is 19.5 Å². The molecule has 3 heterocycles. The summed E-state index contributed by atoms with van der Waals surface area (Å²) in [5, 5.41) is 3.35. The third kappa shape index (κ3) is 5.78. The first kappa shape index (κ1) is 35.5. The molecule has 2 aliphatic carbocycles. The maximum absolute atomic E-state index is 5.47. The van der Waals surface area contributed by atoms with Crippen molar-refractivity contribution in [1.29, 1.82) is 0 Å². The molecule has 0 saturated carbocycles. The van der Waals surface area contributed by atoms with Gasteiger partial charge in [0, 0.05) is 39.1 Å². The summed E-state index contributed by atoms with van der Waals surface area (Å²) in [6.45, 7) is 4.69. The molecule has 1 aliphatic heterocycles. The minimum atomic E-state index is 0.232. The number of fused-ring (bicyclic) bond motifs is 8. The van der Waals surface area contributed by atoms with Gasteiger partial charge in [0.2, 0.25) is 0 Å². The molecule has 0 spiro atoms. The molecule has 3 unspecified atom stereocenters. The SMILES string of the molecule is CC1CC=C(c2cccc(-c3cccc(-c4nc(-c5ccccc5)c5ccc6ccccc6c5n4)c3)c2)C=C1c1nc2cccc3c2n1C1=CC=CC(C)C1c1ccccc1-3. The van der Waals surface area contributed by atoms with Crippen molar-refractivity contribution in [2.75, 3.05) is 0 Å². The Morgan fingerprint density at radius 1 is 0.590 bits per heavy atom. The van der Waals surface area contributed by atoms with Crippen LogP contribution in [0.2, 0.25) is 0 Å². The van der Waals surface area contributed by atoms with E-state index in [-0.39, 0.29) is 5.92 Å². The smallest absolute Gasteiger partial charge is 0.160 e. The summed E-state index contributed by atoms with van der Waals surface area (Å²) in [7, 11) is 0. The highest BCUT2D eigenvalue weighted by atomic mass is 15.1. The Hall–Kier alpha value is -7.43. The lowest BCUT2D eigenvalue weighted by atomic mass is 9.79. The van der Waals surface area contributed by atoms with Crippen LogP contribution in [0.3, 0.4) is 0 Å². The molecule has 7 aromatic carbocycles. The zero-order valence-electron chi connectivity index (χ0n) is 34.1. The molecule has 0 amide bonds. The van der Waals surface area contributed by atoms with E-state index in [1.54, 1.807) is 0 Å². The number of allylic oxidation sites excluding steroid dienone is 8. The maximum atomic E-state index is 5.47. The summed E-state index contributed by atoms with van der Waals surface area (Å²) < 4.78 is 2.50. The van der Waals surface area contributed by atoms with Crippen LogP contribution in [0.5, 0.6) is 0 Å². The Labute approximate surface area is 355 Å². The van der Waals surface area contributed by atoms with Crippen molar-refractivity contribution in [2.45, 2.75) is 26.2 Å². The van der Waals surface area contributed by atoms with Crippen LogP contribution in [0.1, 0.15) is 43.1 Å². The van der Waals surface area contributed by atoms with Crippen LogP contribution in [-0.4, -0.2) is 19.5 Å². The third-order valence-corrected chi connectivity index (χ3v) is 13.1. The van der Waals surface area contributed by atoms with Gasteiger partial charge in [-0.3, -0.25) is 4.57 Å². The summed E-state index contributed by atoms with van der Waals surface area (Å²) in [5.41, 5.74) is 17.4. The Balaban J connectivity index is 0.951. The highest BCUT2D eigenvalue weighted by Crippen LogP contribution is 2.50. The quantitative estimate of drug-likeness (QED) is 0.163. The molecule has 0 N–H and O–H groups in total. The van der Waals surface area contributed by atoms with Gasteiger partial charge in [0.25, 0.3) is 0 Å². The zero-order valence-corrected chi connectivity index (χ0v) is 34.1. The molecule has 0 fully saturated rings. The van der Waals surface area contributed by atoms with Crippen LogP contribution in [-0.2, 0) is 0 Å². The van der Waals surface area contributed by atoms with E-state index in [4.69, 9.17) is 15.0 Å². The molecule has 0 bridgehead atoms. The van der Waals surface area contributed by atoms with E-state index in [2.05, 4.69) is 200 Å². The number of aromatic nitrogens is 4. The Morgan fingerprint density at radius 3 is 2.20 bits per heavy atom. The van der Waals surface area contributed by atoms with Crippen LogP contribution in [0.15, 0.2) is 188 Å². The predicted molar refractivity (Wildman–Crippen MR) is 254 cm³/mol. The zero-order chi connectivity index (χ0) is 40.6. The highest BCUT2D eigenvalue weighted by Gasteiger charge is 2.35. The molecule has 3 atom stereocenters. The number of hydrogen-bond acceptors (Lipinski definition) is 3. The monoisotopic (exact) mass is 782 g/mol. The molecule has 3 aliphatic rings. The number of imidazole rings is 1. The van der Waals surface area contributed by atoms with E-state index in [9.17, 15) is 0 Å². The van der Waals surface area contributed by atoms with Crippen molar-refractivity contribution < 1.29 is 0 Å². The lowest BCUT2D eigenvalue weighted by Gasteiger charge is -2.30. The molecule has 9 aromatic rings. The third-order valence-electron chi connectivity index (χ3n) is 13.1. The Morgan fingerprint density at radius 2 is 1.31 bits per heavy atom. The van der Waals surface area contributed by atoms with Crippen LogP contribution in [0.25, 0.3) is 94.5 Å². The molecule has 0 saturated heterocycles. The van der Waals surface area contributed by atoms with Crippen molar-refractivity contribution in [2.24, 2.45) is 11.8 Å². The summed E-state index contributed by atoms with van der Waals surface area (Å²) in [4.78, 5) is 16.0. The molecular formula is C57H42N4. The first-order valence-corrected chi connectivity index (χ1v) is 21.5. The fraction of sp³-hybridized carbons (Fsp3) is 0.105. The van der Waals surface area contributed by atoms with E-state index in [1.165, 1.54) is 50.0 Å². The van der Waals surface area contributed by atoms with Gasteiger partial charge < -0.3 is 0 Å². The summed E-state index contributed by atoms with van der Waals surface area (Å²) >= 11 is 0. The molecule has 0 radical (unpaired) electrons. The molecule has 290 valence electrons. The topological polar surface area (TPSA) is 43.6 Å². The molecule has 61 heavy (non-hydrogen) atoms. The first-order chi connectivity index (χ1) is 30.1. The van der Waals surface area contributed by atoms with Crippen molar-refractivity contribution in [3.63, 3.8) is 0 Å². The van der Waals surface area contributed by atoms with Gasteiger partial charge in [-0.05, 0) is 99.0 Å². The maximum Gasteiger partial charge on any atom is 0.160 e. The summed E-state index contributed by atoms with van der Waals surface area (Å²) in [6.07, 6.45) is 12.7. The number of rotatable bonds is 5. The Kier molecular flexibility index (Phi) is 8.21. The second kappa shape index (κ2) is 14.1. The van der Waals surface area contributed by atoms with Gasteiger partial charge >= 0.3 is 0 Å². The number of nitrogens with zero attached hydrogens (tertiary/aromatic N) is 4. The van der Waals surface area contributed by atoms with Gasteiger partial charge in [-0.15, -0.1) is 0 Å². The summed E-state index contributed by atoms with van der Waals surface area (Å²) in [5.74, 6) is 2.66. The fourth-order valence-corrected chi connectivity index (χ4v) is 10.1. The lowest BCUT2D eigenvalue weighted by Crippen LogP contribution is -2.18. The standard InChI is InChI=1S/C57H42N4/c1-35-28-29-42(34-49(35)57-58-50-26-13-25-47-45-23-8-9-24-46(45)52-36(2)14-10-27-51(52)61(57)55(47)50)40-19-11-18-39(32-40)41-20-12-21-43(33-41)56-59-53(38-16-4-3-5-17-38)48-31-30-37-15-6-7-22-44(37)54(48)60-56/h3-27,29-36,52H,28H2,1-2H3. The first-order valence-electron chi connectivity index (χ1n) is 21.5. The minimum Gasteiger partial charge on any atom is -0.295 e. The van der Waals surface area contributed by atoms with E-state index in [1.807, 2.05) is 6.07 Å². The Bertz CT molecular complexity index is 3380.